The summed E-state index contributed by atoms with van der Waals surface area (Å²) in [5, 5.41) is 3.44. The maximum Gasteiger partial charge on any atom is 0.0164 e. The van der Waals surface area contributed by atoms with Crippen molar-refractivity contribution in [3.05, 3.63) is 47.0 Å². The zero-order chi connectivity index (χ0) is 10.1. The molecule has 1 heteroatoms. The molecule has 0 saturated carbocycles. The number of benzene rings is 1. The Morgan fingerprint density at radius 3 is 3.00 bits per heavy atom. The molecule has 1 nitrogen and oxygen atoms in total. The van der Waals surface area contributed by atoms with Crippen molar-refractivity contribution >= 4 is 0 Å². The van der Waals surface area contributed by atoms with Gasteiger partial charge < -0.3 is 5.32 Å². The van der Waals surface area contributed by atoms with Gasteiger partial charge in [-0.05, 0) is 36.9 Å². The minimum absolute atomic E-state index is 0.705. The molecule has 3 rings (SSSR count). The molecule has 0 aromatic heterocycles. The van der Waals surface area contributed by atoms with Crippen LogP contribution in [0.25, 0.3) is 0 Å². The normalized spacial score (nSPS) is 27.2. The van der Waals surface area contributed by atoms with Crippen LogP contribution in [0.1, 0.15) is 29.9 Å². The van der Waals surface area contributed by atoms with E-state index in [4.69, 9.17) is 0 Å². The van der Waals surface area contributed by atoms with Crippen molar-refractivity contribution in [1.29, 1.82) is 0 Å². The van der Waals surface area contributed by atoms with Crippen molar-refractivity contribution < 1.29 is 0 Å². The minimum atomic E-state index is 0.705. The fraction of sp³-hybridized carbons (Fsp3) is 0.429. The van der Waals surface area contributed by atoms with E-state index in [2.05, 4.69) is 35.7 Å². The highest BCUT2D eigenvalue weighted by Crippen LogP contribution is 2.36. The van der Waals surface area contributed by atoms with Gasteiger partial charge in [-0.25, -0.2) is 0 Å². The van der Waals surface area contributed by atoms with Gasteiger partial charge in [0, 0.05) is 12.5 Å². The average molecular weight is 199 g/mol. The van der Waals surface area contributed by atoms with Crippen molar-refractivity contribution in [2.45, 2.75) is 25.2 Å². The van der Waals surface area contributed by atoms with Crippen LogP contribution in [0.5, 0.6) is 0 Å². The Balaban J connectivity index is 1.76. The van der Waals surface area contributed by atoms with E-state index < -0.39 is 0 Å². The molecule has 0 bridgehead atoms. The first kappa shape index (κ1) is 9.17. The van der Waals surface area contributed by atoms with Gasteiger partial charge in [-0.3, -0.25) is 0 Å². The van der Waals surface area contributed by atoms with Crippen LogP contribution in [0.2, 0.25) is 0 Å². The van der Waals surface area contributed by atoms with Gasteiger partial charge in [0.05, 0.1) is 0 Å². The highest BCUT2D eigenvalue weighted by molar-refractivity contribution is 5.43. The molecule has 1 saturated heterocycles. The molecular formula is C14H17N. The van der Waals surface area contributed by atoms with Crippen LogP contribution in [0.4, 0.5) is 0 Å². The van der Waals surface area contributed by atoms with Crippen LogP contribution in [0.15, 0.2) is 35.9 Å². The van der Waals surface area contributed by atoms with Gasteiger partial charge >= 0.3 is 0 Å². The van der Waals surface area contributed by atoms with E-state index in [1.54, 1.807) is 16.7 Å². The van der Waals surface area contributed by atoms with Crippen molar-refractivity contribution in [3.8, 4) is 0 Å². The van der Waals surface area contributed by atoms with Gasteiger partial charge in [0.15, 0.2) is 0 Å². The van der Waals surface area contributed by atoms with E-state index in [0.717, 1.165) is 6.54 Å². The number of allylic oxidation sites excluding steroid dienone is 1. The number of piperidine rings is 1. The molecule has 1 aromatic rings. The second kappa shape index (κ2) is 3.82. The first-order chi connectivity index (χ1) is 7.43. The first-order valence-corrected chi connectivity index (χ1v) is 5.91. The average Bonchev–Trinajstić information content (AvgIpc) is 2.27. The number of fused-ring (bicyclic) bond motifs is 1. The lowest BCUT2D eigenvalue weighted by molar-refractivity contribution is 0.598. The minimum Gasteiger partial charge on any atom is -0.313 e. The van der Waals surface area contributed by atoms with Crippen molar-refractivity contribution in [2.75, 3.05) is 13.1 Å². The van der Waals surface area contributed by atoms with Crippen molar-refractivity contribution in [2.24, 2.45) is 0 Å². The highest BCUT2D eigenvalue weighted by atomic mass is 14.9. The largest absolute Gasteiger partial charge is 0.313 e. The molecule has 1 unspecified atom stereocenters. The standard InChI is InChI=1S/C14H17N/c1-2-6-14-12(5-1)9-13(14)8-11-4-3-7-15-10-11/h1-2,5-6,8,13,15H,3-4,7,9-10H2/b11-8+. The molecule has 1 atom stereocenters. The van der Waals surface area contributed by atoms with Gasteiger partial charge in [0.25, 0.3) is 0 Å². The summed E-state index contributed by atoms with van der Waals surface area (Å²) < 4.78 is 0. The maximum atomic E-state index is 3.44. The van der Waals surface area contributed by atoms with Crippen LogP contribution in [-0.4, -0.2) is 13.1 Å². The quantitative estimate of drug-likeness (QED) is 0.686. The van der Waals surface area contributed by atoms with Gasteiger partial charge in [0.1, 0.15) is 0 Å². The van der Waals surface area contributed by atoms with E-state index in [1.807, 2.05) is 0 Å². The summed E-state index contributed by atoms with van der Waals surface area (Å²) in [5.74, 6) is 0.705. The van der Waals surface area contributed by atoms with Gasteiger partial charge in [-0.1, -0.05) is 35.9 Å². The lowest BCUT2D eigenvalue weighted by Crippen LogP contribution is -2.25. The summed E-state index contributed by atoms with van der Waals surface area (Å²) in [5.41, 5.74) is 4.71. The zero-order valence-electron chi connectivity index (χ0n) is 9.00. The van der Waals surface area contributed by atoms with Crippen LogP contribution in [-0.2, 0) is 6.42 Å². The number of hydrogen-bond acceptors (Lipinski definition) is 1. The topological polar surface area (TPSA) is 12.0 Å². The Hall–Kier alpha value is -1.08. The molecule has 15 heavy (non-hydrogen) atoms. The van der Waals surface area contributed by atoms with Gasteiger partial charge in [-0.15, -0.1) is 0 Å². The van der Waals surface area contributed by atoms with Crippen LogP contribution in [0, 0.1) is 0 Å². The summed E-state index contributed by atoms with van der Waals surface area (Å²) in [7, 11) is 0. The molecule has 1 N–H and O–H groups in total. The molecule has 78 valence electrons. The molecule has 1 aliphatic carbocycles. The summed E-state index contributed by atoms with van der Waals surface area (Å²) in [6, 6.07) is 8.83. The molecular weight excluding hydrogens is 182 g/mol. The highest BCUT2D eigenvalue weighted by Gasteiger charge is 2.23. The molecule has 2 aliphatic rings. The molecule has 1 aromatic carbocycles. The molecule has 1 aliphatic heterocycles. The van der Waals surface area contributed by atoms with E-state index in [-0.39, 0.29) is 0 Å². The molecule has 1 heterocycles. The summed E-state index contributed by atoms with van der Waals surface area (Å²) >= 11 is 0. The van der Waals surface area contributed by atoms with E-state index in [0.29, 0.717) is 5.92 Å². The van der Waals surface area contributed by atoms with Gasteiger partial charge in [0.2, 0.25) is 0 Å². The lowest BCUT2D eigenvalue weighted by atomic mass is 9.76. The summed E-state index contributed by atoms with van der Waals surface area (Å²) in [6.07, 6.45) is 6.35. The van der Waals surface area contributed by atoms with Crippen LogP contribution < -0.4 is 5.32 Å². The second-order valence-electron chi connectivity index (χ2n) is 4.61. The Labute approximate surface area is 91.2 Å². The van der Waals surface area contributed by atoms with Crippen LogP contribution >= 0.6 is 0 Å². The number of hydrogen-bond donors (Lipinski definition) is 1. The summed E-state index contributed by atoms with van der Waals surface area (Å²) in [4.78, 5) is 0. The van der Waals surface area contributed by atoms with Crippen LogP contribution in [0.3, 0.4) is 0 Å². The van der Waals surface area contributed by atoms with Crippen molar-refractivity contribution in [3.63, 3.8) is 0 Å². The Morgan fingerprint density at radius 2 is 2.20 bits per heavy atom. The number of nitrogens with one attached hydrogen (secondary N) is 1. The third kappa shape index (κ3) is 1.72. The third-order valence-electron chi connectivity index (χ3n) is 3.53. The Morgan fingerprint density at radius 1 is 1.27 bits per heavy atom. The molecule has 1 fully saturated rings. The van der Waals surface area contributed by atoms with E-state index >= 15 is 0 Å². The Bertz CT molecular complexity index is 384. The maximum absolute atomic E-state index is 3.44. The summed E-state index contributed by atoms with van der Waals surface area (Å²) in [6.45, 7) is 2.30. The van der Waals surface area contributed by atoms with E-state index in [9.17, 15) is 0 Å². The zero-order valence-corrected chi connectivity index (χ0v) is 9.00. The third-order valence-corrected chi connectivity index (χ3v) is 3.53. The first-order valence-electron chi connectivity index (χ1n) is 5.91. The predicted molar refractivity (Wildman–Crippen MR) is 63.1 cm³/mol. The van der Waals surface area contributed by atoms with Crippen molar-refractivity contribution in [1.82, 2.24) is 5.32 Å². The number of rotatable bonds is 1. The smallest absolute Gasteiger partial charge is 0.0164 e. The fourth-order valence-electron chi connectivity index (χ4n) is 2.65. The van der Waals surface area contributed by atoms with Gasteiger partial charge in [-0.2, -0.15) is 0 Å². The SMILES string of the molecule is C(=C1/CCCNC1)/C1Cc2ccccc21. The molecule has 0 amide bonds. The monoisotopic (exact) mass is 199 g/mol. The lowest BCUT2D eigenvalue weighted by Gasteiger charge is -2.29. The molecule has 0 radical (unpaired) electrons. The second-order valence-corrected chi connectivity index (χ2v) is 4.61. The van der Waals surface area contributed by atoms with E-state index in [1.165, 1.54) is 25.8 Å². The molecule has 0 spiro atoms. The fourth-order valence-corrected chi connectivity index (χ4v) is 2.65. The Kier molecular flexibility index (Phi) is 2.34. The predicted octanol–water partition coefficient (Wildman–Crippen LogP) is 2.64.